The second-order valence-electron chi connectivity index (χ2n) is 6.83. The molecular weight excluding hydrogens is 345 g/mol. The first-order chi connectivity index (χ1) is 12.7. The molecule has 1 N–H and O–H groups in total. The summed E-state index contributed by atoms with van der Waals surface area (Å²) in [5.74, 6) is 0.602. The monoisotopic (exact) mass is 373 g/mol. The van der Waals surface area contributed by atoms with Gasteiger partial charge in [-0.25, -0.2) is 0 Å². The van der Waals surface area contributed by atoms with Gasteiger partial charge in [0.2, 0.25) is 0 Å². The molecule has 4 nitrogen and oxygen atoms in total. The van der Waals surface area contributed by atoms with Crippen LogP contribution in [0.25, 0.3) is 0 Å². The van der Waals surface area contributed by atoms with Gasteiger partial charge in [0.25, 0.3) is 0 Å². The van der Waals surface area contributed by atoms with E-state index in [0.717, 1.165) is 43.5 Å². The summed E-state index contributed by atoms with van der Waals surface area (Å²) >= 11 is 0. The first kappa shape index (κ1) is 19.3. The van der Waals surface area contributed by atoms with Crippen molar-refractivity contribution in [2.24, 2.45) is 5.92 Å². The molecule has 26 heavy (non-hydrogen) atoms. The van der Waals surface area contributed by atoms with Crippen LogP contribution in [-0.2, 0) is 26.8 Å². The zero-order valence-electron chi connectivity index (χ0n) is 15.2. The molecular formula is C21H28NO3P. The zero-order chi connectivity index (χ0) is 18.1. The van der Waals surface area contributed by atoms with Crippen LogP contribution in [0.2, 0.25) is 0 Å². The Morgan fingerprint density at radius 1 is 0.846 bits per heavy atom. The lowest BCUT2D eigenvalue weighted by Crippen LogP contribution is -2.28. The van der Waals surface area contributed by atoms with E-state index in [9.17, 15) is 4.57 Å². The molecule has 1 heterocycles. The van der Waals surface area contributed by atoms with E-state index in [1.165, 1.54) is 0 Å². The molecule has 2 aromatic carbocycles. The molecule has 0 aromatic heterocycles. The van der Waals surface area contributed by atoms with Crippen molar-refractivity contribution in [3.05, 3.63) is 71.8 Å². The summed E-state index contributed by atoms with van der Waals surface area (Å²) in [5, 5.41) is 3.37. The van der Waals surface area contributed by atoms with E-state index >= 15 is 0 Å². The molecule has 3 rings (SSSR count). The van der Waals surface area contributed by atoms with Crippen molar-refractivity contribution in [3.8, 4) is 0 Å². The van der Waals surface area contributed by atoms with Crippen molar-refractivity contribution >= 4 is 7.60 Å². The van der Waals surface area contributed by atoms with Gasteiger partial charge in [-0.05, 0) is 49.4 Å². The van der Waals surface area contributed by atoms with Crippen LogP contribution in [0.3, 0.4) is 0 Å². The van der Waals surface area contributed by atoms with Crippen molar-refractivity contribution < 1.29 is 13.6 Å². The van der Waals surface area contributed by atoms with Crippen molar-refractivity contribution in [1.82, 2.24) is 5.32 Å². The van der Waals surface area contributed by atoms with E-state index < -0.39 is 7.60 Å². The third-order valence-corrected chi connectivity index (χ3v) is 6.66. The third kappa shape index (κ3) is 6.37. The Morgan fingerprint density at radius 3 is 1.85 bits per heavy atom. The topological polar surface area (TPSA) is 47.6 Å². The van der Waals surface area contributed by atoms with Gasteiger partial charge in [0.05, 0.1) is 19.4 Å². The smallest absolute Gasteiger partial charge is 0.317 e. The van der Waals surface area contributed by atoms with Crippen molar-refractivity contribution in [1.29, 1.82) is 0 Å². The van der Waals surface area contributed by atoms with Crippen LogP contribution in [0.15, 0.2) is 60.7 Å². The molecule has 1 aliphatic rings. The molecule has 1 saturated heterocycles. The quantitative estimate of drug-likeness (QED) is 0.628. The molecule has 1 fully saturated rings. The standard InChI is InChI=1S/C21H28NO3P/c23-26(16-13-19-11-14-22-15-12-19,24-17-20-7-3-1-4-8-20)25-18-21-9-5-2-6-10-21/h1-10,19,22H,11-18H2. The fourth-order valence-electron chi connectivity index (χ4n) is 3.17. The molecule has 1 aliphatic heterocycles. The molecule has 0 radical (unpaired) electrons. The van der Waals surface area contributed by atoms with Gasteiger partial charge in [-0.2, -0.15) is 0 Å². The highest BCUT2D eigenvalue weighted by Gasteiger charge is 2.27. The minimum Gasteiger partial charge on any atom is -0.317 e. The normalized spacial score (nSPS) is 15.8. The molecule has 0 spiro atoms. The molecule has 0 aliphatic carbocycles. The number of piperidine rings is 1. The van der Waals surface area contributed by atoms with Gasteiger partial charge in [-0.15, -0.1) is 0 Å². The second-order valence-corrected chi connectivity index (χ2v) is 9.02. The molecule has 2 aromatic rings. The summed E-state index contributed by atoms with van der Waals surface area (Å²) in [4.78, 5) is 0. The van der Waals surface area contributed by atoms with Crippen molar-refractivity contribution in [2.75, 3.05) is 19.3 Å². The van der Waals surface area contributed by atoms with E-state index in [2.05, 4.69) is 5.32 Å². The highest BCUT2D eigenvalue weighted by Crippen LogP contribution is 2.51. The Kier molecular flexibility index (Phi) is 7.45. The Morgan fingerprint density at radius 2 is 1.35 bits per heavy atom. The van der Waals surface area contributed by atoms with Crippen molar-refractivity contribution in [2.45, 2.75) is 32.5 Å². The summed E-state index contributed by atoms with van der Waals surface area (Å²) in [6.45, 7) is 2.73. The summed E-state index contributed by atoms with van der Waals surface area (Å²) in [5.41, 5.74) is 2.02. The molecule has 0 saturated carbocycles. The number of hydrogen-bond donors (Lipinski definition) is 1. The first-order valence-electron chi connectivity index (χ1n) is 9.40. The lowest BCUT2D eigenvalue weighted by atomic mass is 9.96. The van der Waals surface area contributed by atoms with Gasteiger partial charge in [-0.3, -0.25) is 4.57 Å². The van der Waals surface area contributed by atoms with Crippen LogP contribution in [0, 0.1) is 5.92 Å². The summed E-state index contributed by atoms with van der Waals surface area (Å²) in [6.07, 6.45) is 3.65. The molecule has 5 heteroatoms. The van der Waals surface area contributed by atoms with Crippen LogP contribution < -0.4 is 5.32 Å². The lowest BCUT2D eigenvalue weighted by Gasteiger charge is -2.25. The SMILES string of the molecule is O=P(CCC1CCNCC1)(OCc1ccccc1)OCc1ccccc1. The lowest BCUT2D eigenvalue weighted by molar-refractivity contribution is 0.188. The van der Waals surface area contributed by atoms with E-state index in [4.69, 9.17) is 9.05 Å². The summed E-state index contributed by atoms with van der Waals surface area (Å²) < 4.78 is 25.0. The van der Waals surface area contributed by atoms with Gasteiger partial charge >= 0.3 is 7.60 Å². The van der Waals surface area contributed by atoms with Gasteiger partial charge in [-0.1, -0.05) is 60.7 Å². The van der Waals surface area contributed by atoms with E-state index in [1.807, 2.05) is 60.7 Å². The van der Waals surface area contributed by atoms with E-state index in [-0.39, 0.29) is 0 Å². The van der Waals surface area contributed by atoms with Crippen LogP contribution in [0.1, 0.15) is 30.4 Å². The Hall–Kier alpha value is -1.45. The predicted octanol–water partition coefficient (Wildman–Crippen LogP) is 5.00. The molecule has 0 amide bonds. The fraction of sp³-hybridized carbons (Fsp3) is 0.429. The van der Waals surface area contributed by atoms with Crippen molar-refractivity contribution in [3.63, 3.8) is 0 Å². The Bertz CT molecular complexity index is 639. The number of benzene rings is 2. The predicted molar refractivity (Wildman–Crippen MR) is 105 cm³/mol. The largest absolute Gasteiger partial charge is 0.331 e. The molecule has 0 unspecified atom stereocenters. The van der Waals surface area contributed by atoms with Gasteiger partial charge in [0.15, 0.2) is 0 Å². The third-order valence-electron chi connectivity index (χ3n) is 4.81. The highest BCUT2D eigenvalue weighted by molar-refractivity contribution is 7.53. The second kappa shape index (κ2) is 10.0. The van der Waals surface area contributed by atoms with Gasteiger partial charge in [0.1, 0.15) is 0 Å². The van der Waals surface area contributed by atoms with Gasteiger partial charge in [0, 0.05) is 0 Å². The average Bonchev–Trinajstić information content (AvgIpc) is 2.72. The summed E-state index contributed by atoms with van der Waals surface area (Å²) in [7, 11) is -3.14. The minimum absolute atomic E-state index is 0.319. The highest BCUT2D eigenvalue weighted by atomic mass is 31.2. The van der Waals surface area contributed by atoms with E-state index in [0.29, 0.717) is 25.3 Å². The maximum Gasteiger partial charge on any atom is 0.331 e. The van der Waals surface area contributed by atoms with Crippen LogP contribution >= 0.6 is 7.60 Å². The average molecular weight is 373 g/mol. The van der Waals surface area contributed by atoms with E-state index in [1.54, 1.807) is 0 Å². The Labute approximate surface area is 156 Å². The Balaban J connectivity index is 1.59. The van der Waals surface area contributed by atoms with Gasteiger partial charge < -0.3 is 14.4 Å². The minimum atomic E-state index is -3.14. The zero-order valence-corrected chi connectivity index (χ0v) is 16.1. The maximum atomic E-state index is 13.3. The molecule has 0 bridgehead atoms. The van der Waals surface area contributed by atoms with Crippen LogP contribution in [0.5, 0.6) is 0 Å². The van der Waals surface area contributed by atoms with Crippen LogP contribution in [0.4, 0.5) is 0 Å². The number of nitrogens with one attached hydrogen (secondary N) is 1. The summed E-state index contributed by atoms with van der Waals surface area (Å²) in [6, 6.07) is 19.7. The number of hydrogen-bond acceptors (Lipinski definition) is 4. The fourth-order valence-corrected chi connectivity index (χ4v) is 4.88. The number of rotatable bonds is 9. The molecule has 140 valence electrons. The first-order valence-corrected chi connectivity index (χ1v) is 11.1. The maximum absolute atomic E-state index is 13.3. The van der Waals surface area contributed by atoms with Crippen LogP contribution in [-0.4, -0.2) is 19.3 Å². The molecule has 0 atom stereocenters.